The molecule has 0 radical (unpaired) electrons. The average Bonchev–Trinajstić information content (AvgIpc) is 3.07. The summed E-state index contributed by atoms with van der Waals surface area (Å²) in [5.41, 5.74) is 4.19. The third kappa shape index (κ3) is 5.26. The first-order valence-electron chi connectivity index (χ1n) is 14.6. The maximum atomic E-state index is 12.3. The fourth-order valence-electron chi connectivity index (χ4n) is 7.35. The quantitative estimate of drug-likeness (QED) is 0.241. The average molecular weight is 539 g/mol. The van der Waals surface area contributed by atoms with Crippen LogP contribution in [0.3, 0.4) is 0 Å². The molecule has 0 aliphatic heterocycles. The molecule has 3 unspecified atom stereocenters. The molecule has 0 heterocycles. The van der Waals surface area contributed by atoms with E-state index in [1.54, 1.807) is 0 Å². The standard InChI is InChI=1S/C35H38O5/c1-34(2,28-6-4-3-5-7-28)40-32(37)17-16-31(36)39-23-25-10-14-30(15-11-25)38-22-24-8-12-29(13-9-24)35-19-18-26-20-27(21-35)33(26)35/h3-15,26-27,33H,16-23H2,1-2H3/t26?,27?,33-,35?/m0/s1. The Morgan fingerprint density at radius 3 is 2.23 bits per heavy atom. The molecule has 0 bridgehead atoms. The summed E-state index contributed by atoms with van der Waals surface area (Å²) >= 11 is 0. The lowest BCUT2D eigenvalue weighted by Crippen LogP contribution is -2.56. The molecule has 3 aliphatic rings. The van der Waals surface area contributed by atoms with Crippen molar-refractivity contribution < 1.29 is 23.8 Å². The summed E-state index contributed by atoms with van der Waals surface area (Å²) in [4.78, 5) is 24.5. The number of esters is 2. The van der Waals surface area contributed by atoms with Crippen molar-refractivity contribution in [3.63, 3.8) is 0 Å². The van der Waals surface area contributed by atoms with Crippen LogP contribution in [0.5, 0.6) is 5.75 Å². The van der Waals surface area contributed by atoms with E-state index in [-0.39, 0.29) is 19.4 Å². The zero-order valence-corrected chi connectivity index (χ0v) is 23.4. The van der Waals surface area contributed by atoms with Gasteiger partial charge in [0.15, 0.2) is 0 Å². The van der Waals surface area contributed by atoms with Gasteiger partial charge in [-0.05, 0) is 97.1 Å². The molecular formula is C35H38O5. The van der Waals surface area contributed by atoms with Gasteiger partial charge < -0.3 is 14.2 Å². The van der Waals surface area contributed by atoms with Gasteiger partial charge in [-0.2, -0.15) is 0 Å². The van der Waals surface area contributed by atoms with Crippen LogP contribution < -0.4 is 4.74 Å². The Morgan fingerprint density at radius 2 is 1.50 bits per heavy atom. The molecule has 3 aromatic carbocycles. The highest BCUT2D eigenvalue weighted by Gasteiger charge is 2.66. The molecule has 3 fully saturated rings. The number of ether oxygens (including phenoxy) is 3. The Hall–Kier alpha value is -3.60. The SMILES string of the molecule is CC(C)(OC(=O)CCC(=O)OCc1ccc(OCc2ccc(C34CCC5CC(C3)[C@H]54)cc2)cc1)c1ccccc1. The third-order valence-corrected chi connectivity index (χ3v) is 9.48. The third-order valence-electron chi connectivity index (χ3n) is 9.48. The lowest BCUT2D eigenvalue weighted by atomic mass is 9.43. The Labute approximate surface area is 236 Å². The number of hydrogen-bond donors (Lipinski definition) is 0. The second-order valence-electron chi connectivity index (χ2n) is 12.3. The zero-order valence-electron chi connectivity index (χ0n) is 23.4. The van der Waals surface area contributed by atoms with Crippen molar-refractivity contribution >= 4 is 11.9 Å². The minimum absolute atomic E-state index is 0.0212. The van der Waals surface area contributed by atoms with Crippen LogP contribution in [0.2, 0.25) is 0 Å². The smallest absolute Gasteiger partial charge is 0.307 e. The minimum atomic E-state index is -0.759. The van der Waals surface area contributed by atoms with Crippen LogP contribution in [0.4, 0.5) is 0 Å². The molecule has 3 saturated carbocycles. The van der Waals surface area contributed by atoms with Gasteiger partial charge in [0.2, 0.25) is 0 Å². The number of carbonyl (C=O) groups excluding carboxylic acids is 2. The van der Waals surface area contributed by atoms with Gasteiger partial charge in [-0.15, -0.1) is 0 Å². The van der Waals surface area contributed by atoms with E-state index in [4.69, 9.17) is 14.2 Å². The van der Waals surface area contributed by atoms with Gasteiger partial charge in [-0.3, -0.25) is 9.59 Å². The molecule has 0 aromatic heterocycles. The fraction of sp³-hybridized carbons (Fsp3) is 0.429. The number of carbonyl (C=O) groups is 2. The van der Waals surface area contributed by atoms with Gasteiger partial charge in [0.1, 0.15) is 24.6 Å². The molecule has 3 aliphatic carbocycles. The highest BCUT2D eigenvalue weighted by molar-refractivity contribution is 5.78. The number of benzene rings is 3. The van der Waals surface area contributed by atoms with E-state index in [1.165, 1.54) is 36.8 Å². The first-order chi connectivity index (χ1) is 19.3. The van der Waals surface area contributed by atoms with E-state index in [2.05, 4.69) is 24.3 Å². The molecule has 6 rings (SSSR count). The zero-order chi connectivity index (χ0) is 27.7. The Balaban J connectivity index is 0.910. The summed E-state index contributed by atoms with van der Waals surface area (Å²) in [5.74, 6) is 2.88. The van der Waals surface area contributed by atoms with Crippen molar-refractivity contribution in [3.05, 3.63) is 101 Å². The molecule has 5 nitrogen and oxygen atoms in total. The molecule has 0 spiro atoms. The van der Waals surface area contributed by atoms with Crippen LogP contribution in [-0.2, 0) is 43.3 Å². The van der Waals surface area contributed by atoms with Crippen LogP contribution in [0.15, 0.2) is 78.9 Å². The second kappa shape index (κ2) is 10.8. The second-order valence-corrected chi connectivity index (χ2v) is 12.3. The number of hydrogen-bond acceptors (Lipinski definition) is 5. The molecule has 0 amide bonds. The lowest BCUT2D eigenvalue weighted by Gasteiger charge is -2.61. The van der Waals surface area contributed by atoms with Crippen molar-refractivity contribution in [3.8, 4) is 5.75 Å². The maximum absolute atomic E-state index is 12.3. The number of rotatable bonds is 11. The van der Waals surface area contributed by atoms with Crippen LogP contribution in [-0.4, -0.2) is 11.9 Å². The van der Waals surface area contributed by atoms with Gasteiger partial charge in [-0.1, -0.05) is 66.7 Å². The van der Waals surface area contributed by atoms with Gasteiger partial charge in [-0.25, -0.2) is 0 Å². The predicted octanol–water partition coefficient (Wildman–Crippen LogP) is 7.26. The molecule has 0 saturated heterocycles. The minimum Gasteiger partial charge on any atom is -0.489 e. The first kappa shape index (κ1) is 26.6. The van der Waals surface area contributed by atoms with E-state index in [0.717, 1.165) is 34.6 Å². The van der Waals surface area contributed by atoms with E-state index in [9.17, 15) is 9.59 Å². The van der Waals surface area contributed by atoms with E-state index in [1.807, 2.05) is 68.4 Å². The van der Waals surface area contributed by atoms with E-state index < -0.39 is 17.5 Å². The van der Waals surface area contributed by atoms with Gasteiger partial charge >= 0.3 is 11.9 Å². The van der Waals surface area contributed by atoms with E-state index >= 15 is 0 Å². The van der Waals surface area contributed by atoms with Crippen molar-refractivity contribution in [2.24, 2.45) is 17.8 Å². The highest BCUT2D eigenvalue weighted by Crippen LogP contribution is 2.72. The van der Waals surface area contributed by atoms with Crippen LogP contribution >= 0.6 is 0 Å². The van der Waals surface area contributed by atoms with Gasteiger partial charge in [0.25, 0.3) is 0 Å². The van der Waals surface area contributed by atoms with E-state index in [0.29, 0.717) is 12.0 Å². The summed E-state index contributed by atoms with van der Waals surface area (Å²) in [6.07, 6.45) is 5.62. The summed E-state index contributed by atoms with van der Waals surface area (Å²) in [5, 5.41) is 0. The Morgan fingerprint density at radius 1 is 0.825 bits per heavy atom. The van der Waals surface area contributed by atoms with Crippen molar-refractivity contribution in [2.75, 3.05) is 0 Å². The monoisotopic (exact) mass is 538 g/mol. The largest absolute Gasteiger partial charge is 0.489 e. The molecule has 40 heavy (non-hydrogen) atoms. The normalized spacial score (nSPS) is 24.3. The summed E-state index contributed by atoms with van der Waals surface area (Å²) in [6, 6.07) is 26.2. The summed E-state index contributed by atoms with van der Waals surface area (Å²) in [6.45, 7) is 4.34. The highest BCUT2D eigenvalue weighted by atomic mass is 16.6. The van der Waals surface area contributed by atoms with Gasteiger partial charge in [0.05, 0.1) is 12.8 Å². The molecule has 208 valence electrons. The molecule has 3 aromatic rings. The predicted molar refractivity (Wildman–Crippen MR) is 152 cm³/mol. The molecular weight excluding hydrogens is 500 g/mol. The summed E-state index contributed by atoms with van der Waals surface area (Å²) in [7, 11) is 0. The maximum Gasteiger partial charge on any atom is 0.307 e. The lowest BCUT2D eigenvalue weighted by molar-refractivity contribution is -0.160. The summed E-state index contributed by atoms with van der Waals surface area (Å²) < 4.78 is 16.9. The van der Waals surface area contributed by atoms with Crippen molar-refractivity contribution in [1.82, 2.24) is 0 Å². The van der Waals surface area contributed by atoms with Gasteiger partial charge in [0, 0.05) is 0 Å². The van der Waals surface area contributed by atoms with Crippen LogP contribution in [0.1, 0.15) is 74.6 Å². The van der Waals surface area contributed by atoms with Crippen molar-refractivity contribution in [2.45, 2.75) is 76.6 Å². The van der Waals surface area contributed by atoms with Crippen LogP contribution in [0, 0.1) is 17.8 Å². The van der Waals surface area contributed by atoms with Crippen LogP contribution in [0.25, 0.3) is 0 Å². The topological polar surface area (TPSA) is 61.8 Å². The molecule has 0 N–H and O–H groups in total. The fourth-order valence-corrected chi connectivity index (χ4v) is 7.35. The Kier molecular flexibility index (Phi) is 7.16. The Bertz CT molecular complexity index is 1340. The molecule has 4 atom stereocenters. The molecule has 5 heteroatoms. The van der Waals surface area contributed by atoms with Crippen molar-refractivity contribution in [1.29, 1.82) is 0 Å². The first-order valence-corrected chi connectivity index (χ1v) is 14.6.